The smallest absolute Gasteiger partial charge is 0.260 e. The highest BCUT2D eigenvalue weighted by atomic mass is 16.5. The minimum absolute atomic E-state index is 0.0121. The summed E-state index contributed by atoms with van der Waals surface area (Å²) in [7, 11) is 0. The third kappa shape index (κ3) is 5.11. The van der Waals surface area contributed by atoms with Crippen molar-refractivity contribution in [3.05, 3.63) is 41.5 Å². The largest absolute Gasteiger partial charge is 0.484 e. The lowest BCUT2D eigenvalue weighted by Gasteiger charge is -2.38. The van der Waals surface area contributed by atoms with Crippen LogP contribution in [-0.2, 0) is 24.3 Å². The Kier molecular flexibility index (Phi) is 7.07. The maximum Gasteiger partial charge on any atom is 0.260 e. The molecule has 0 aliphatic carbocycles. The number of benzene rings is 1. The van der Waals surface area contributed by atoms with Crippen LogP contribution in [0.5, 0.6) is 5.75 Å². The maximum atomic E-state index is 12.6. The molecule has 3 heterocycles. The Morgan fingerprint density at radius 2 is 1.78 bits per heavy atom. The van der Waals surface area contributed by atoms with Gasteiger partial charge in [-0.15, -0.1) is 10.2 Å². The van der Waals surface area contributed by atoms with E-state index in [2.05, 4.69) is 33.9 Å². The van der Waals surface area contributed by atoms with Gasteiger partial charge in [0, 0.05) is 30.6 Å². The van der Waals surface area contributed by atoms with Crippen LogP contribution in [-0.4, -0.2) is 50.2 Å². The van der Waals surface area contributed by atoms with Gasteiger partial charge in [0.25, 0.3) is 11.8 Å². The highest BCUT2D eigenvalue weighted by Crippen LogP contribution is 2.23. The zero-order valence-electron chi connectivity index (χ0n) is 19.0. The molecule has 1 fully saturated rings. The van der Waals surface area contributed by atoms with Gasteiger partial charge in [-0.25, -0.2) is 0 Å². The molecular weight excluding hydrogens is 406 g/mol. The molecule has 0 bridgehead atoms. The molecule has 1 aromatic heterocycles. The summed E-state index contributed by atoms with van der Waals surface area (Å²) in [5.74, 6) is 2.23. The topological polar surface area (TPSA) is 89.3 Å². The van der Waals surface area contributed by atoms with Crippen molar-refractivity contribution in [2.75, 3.05) is 6.61 Å². The predicted molar refractivity (Wildman–Crippen MR) is 120 cm³/mol. The summed E-state index contributed by atoms with van der Waals surface area (Å²) in [5.41, 5.74) is 0.539. The van der Waals surface area contributed by atoms with Gasteiger partial charge in [-0.05, 0) is 70.2 Å². The number of nitrogens with one attached hydrogen (secondary N) is 1. The first-order valence-electron chi connectivity index (χ1n) is 11.8. The molecule has 4 rings (SSSR count). The zero-order valence-corrected chi connectivity index (χ0v) is 19.0. The molecule has 1 N–H and O–H groups in total. The van der Waals surface area contributed by atoms with Crippen LogP contribution in [0.3, 0.4) is 0 Å². The normalized spacial score (nSPS) is 20.9. The number of nitrogens with zero attached hydrogens (tertiary/aromatic N) is 4. The van der Waals surface area contributed by atoms with E-state index in [1.54, 1.807) is 24.3 Å². The standard InChI is InChI=1S/C24H33N5O3/c1-17-7-6-8-18(2)29(17)23(30)16-32-20-12-10-19(11-13-20)24(31)25-15-22-27-26-21-9-4-3-5-14-28(21)22/h10-13,17-18H,3-9,14-16H2,1-2H3,(H,25,31). The van der Waals surface area contributed by atoms with E-state index < -0.39 is 0 Å². The van der Waals surface area contributed by atoms with E-state index in [1.165, 1.54) is 6.42 Å². The Balaban J connectivity index is 1.28. The van der Waals surface area contributed by atoms with Crippen molar-refractivity contribution in [1.82, 2.24) is 25.0 Å². The Morgan fingerprint density at radius 3 is 2.53 bits per heavy atom. The number of hydrogen-bond acceptors (Lipinski definition) is 5. The highest BCUT2D eigenvalue weighted by Gasteiger charge is 2.29. The number of aryl methyl sites for hydroxylation is 1. The number of ether oxygens (including phenoxy) is 1. The van der Waals surface area contributed by atoms with E-state index in [0.29, 0.717) is 17.9 Å². The second-order valence-electron chi connectivity index (χ2n) is 8.92. The number of likely N-dealkylation sites (tertiary alicyclic amines) is 1. The fraction of sp³-hybridized carbons (Fsp3) is 0.583. The maximum absolute atomic E-state index is 12.6. The van der Waals surface area contributed by atoms with Crippen LogP contribution in [0.15, 0.2) is 24.3 Å². The summed E-state index contributed by atoms with van der Waals surface area (Å²) in [5, 5.41) is 11.5. The van der Waals surface area contributed by atoms with Gasteiger partial charge in [-0.1, -0.05) is 6.42 Å². The third-order valence-electron chi connectivity index (χ3n) is 6.55. The number of fused-ring (bicyclic) bond motifs is 1. The first-order valence-corrected chi connectivity index (χ1v) is 11.8. The van der Waals surface area contributed by atoms with Gasteiger partial charge >= 0.3 is 0 Å². The minimum atomic E-state index is -0.172. The van der Waals surface area contributed by atoms with E-state index in [0.717, 1.165) is 56.7 Å². The summed E-state index contributed by atoms with van der Waals surface area (Å²) < 4.78 is 7.83. The number of carbonyl (C=O) groups excluding carboxylic acids is 2. The average molecular weight is 440 g/mol. The monoisotopic (exact) mass is 439 g/mol. The number of piperidine rings is 1. The van der Waals surface area contributed by atoms with Crippen molar-refractivity contribution in [2.24, 2.45) is 0 Å². The van der Waals surface area contributed by atoms with Gasteiger partial charge in [0.1, 0.15) is 11.6 Å². The lowest BCUT2D eigenvalue weighted by Crippen LogP contribution is -2.49. The lowest BCUT2D eigenvalue weighted by atomic mass is 9.97. The molecule has 1 saturated heterocycles. The second kappa shape index (κ2) is 10.1. The van der Waals surface area contributed by atoms with Crippen molar-refractivity contribution >= 4 is 11.8 Å². The molecule has 2 amide bonds. The molecule has 1 aromatic carbocycles. The average Bonchev–Trinajstić information content (AvgIpc) is 3.02. The van der Waals surface area contributed by atoms with Gasteiger partial charge in [0.05, 0.1) is 6.54 Å². The van der Waals surface area contributed by atoms with Gasteiger partial charge in [0.2, 0.25) is 0 Å². The van der Waals surface area contributed by atoms with Crippen molar-refractivity contribution < 1.29 is 14.3 Å². The fourth-order valence-corrected chi connectivity index (χ4v) is 4.77. The SMILES string of the molecule is CC1CCCC(C)N1C(=O)COc1ccc(C(=O)NCc2nnc3n2CCCCC3)cc1. The fourth-order valence-electron chi connectivity index (χ4n) is 4.77. The van der Waals surface area contributed by atoms with Gasteiger partial charge in [-0.2, -0.15) is 0 Å². The van der Waals surface area contributed by atoms with Gasteiger partial charge in [0.15, 0.2) is 12.4 Å². The van der Waals surface area contributed by atoms with Crippen molar-refractivity contribution in [3.8, 4) is 5.75 Å². The molecular formula is C24H33N5O3. The van der Waals surface area contributed by atoms with Crippen LogP contribution < -0.4 is 10.1 Å². The second-order valence-corrected chi connectivity index (χ2v) is 8.92. The summed E-state index contributed by atoms with van der Waals surface area (Å²) in [6, 6.07) is 7.39. The Morgan fingerprint density at radius 1 is 1.03 bits per heavy atom. The predicted octanol–water partition coefficient (Wildman–Crippen LogP) is 3.10. The van der Waals surface area contributed by atoms with Gasteiger partial charge in [-0.3, -0.25) is 9.59 Å². The first-order chi connectivity index (χ1) is 15.5. The van der Waals surface area contributed by atoms with Crippen LogP contribution in [0.2, 0.25) is 0 Å². The van der Waals surface area contributed by atoms with E-state index in [-0.39, 0.29) is 30.5 Å². The molecule has 0 saturated carbocycles. The molecule has 8 heteroatoms. The van der Waals surface area contributed by atoms with Gasteiger partial charge < -0.3 is 19.5 Å². The molecule has 172 valence electrons. The molecule has 0 spiro atoms. The Hall–Kier alpha value is -2.90. The Bertz CT molecular complexity index is 930. The molecule has 2 atom stereocenters. The van der Waals surface area contributed by atoms with Crippen molar-refractivity contribution in [3.63, 3.8) is 0 Å². The summed E-state index contributed by atoms with van der Waals surface area (Å²) >= 11 is 0. The zero-order chi connectivity index (χ0) is 22.5. The number of rotatable bonds is 6. The summed E-state index contributed by atoms with van der Waals surface area (Å²) in [4.78, 5) is 27.1. The third-order valence-corrected chi connectivity index (χ3v) is 6.55. The molecule has 2 aliphatic heterocycles. The van der Waals surface area contributed by atoms with Crippen LogP contribution in [0, 0.1) is 0 Å². The molecule has 32 heavy (non-hydrogen) atoms. The molecule has 2 aromatic rings. The van der Waals surface area contributed by atoms with E-state index in [1.807, 2.05) is 4.90 Å². The lowest BCUT2D eigenvalue weighted by molar-refractivity contribution is -0.139. The van der Waals surface area contributed by atoms with Crippen LogP contribution in [0.25, 0.3) is 0 Å². The number of hydrogen-bond donors (Lipinski definition) is 1. The summed E-state index contributed by atoms with van der Waals surface area (Å²) in [6.07, 6.45) is 7.64. The summed E-state index contributed by atoms with van der Waals surface area (Å²) in [6.45, 7) is 5.46. The van der Waals surface area contributed by atoms with Crippen LogP contribution >= 0.6 is 0 Å². The number of carbonyl (C=O) groups is 2. The number of amides is 2. The Labute approximate surface area is 189 Å². The van der Waals surface area contributed by atoms with Crippen molar-refractivity contribution in [1.29, 1.82) is 0 Å². The van der Waals surface area contributed by atoms with Crippen LogP contribution in [0.4, 0.5) is 0 Å². The van der Waals surface area contributed by atoms with Crippen molar-refractivity contribution in [2.45, 2.75) is 84.0 Å². The highest BCUT2D eigenvalue weighted by molar-refractivity contribution is 5.94. The first kappa shape index (κ1) is 22.3. The molecule has 0 radical (unpaired) electrons. The van der Waals surface area contributed by atoms with E-state index >= 15 is 0 Å². The molecule has 2 aliphatic rings. The van der Waals surface area contributed by atoms with E-state index in [4.69, 9.17) is 4.74 Å². The van der Waals surface area contributed by atoms with Crippen LogP contribution in [0.1, 0.15) is 74.4 Å². The molecule has 8 nitrogen and oxygen atoms in total. The van der Waals surface area contributed by atoms with E-state index in [9.17, 15) is 9.59 Å². The number of aromatic nitrogens is 3. The quantitative estimate of drug-likeness (QED) is 0.747. The minimum Gasteiger partial charge on any atom is -0.484 e. The molecule has 2 unspecified atom stereocenters.